The monoisotopic (exact) mass is 596 g/mol. The lowest BCUT2D eigenvalue weighted by atomic mass is 9.96. The van der Waals surface area contributed by atoms with E-state index in [9.17, 15) is 18.4 Å². The first-order valence-corrected chi connectivity index (χ1v) is 13.5. The van der Waals surface area contributed by atoms with Gasteiger partial charge in [0, 0.05) is 68.9 Å². The number of pyridine rings is 1. The second-order valence-corrected chi connectivity index (χ2v) is 10.4. The lowest BCUT2D eigenvalue weighted by Gasteiger charge is -2.40. The minimum absolute atomic E-state index is 0.00365. The summed E-state index contributed by atoms with van der Waals surface area (Å²) in [6.45, 7) is 3.93. The standard InChI is InChI=1S/C29H28F4N8O2/c1-16-15-41(10-9-39(16)2)21-12-20(30)25(17-4-7-40(8-5-17)23-3-6-35-22(13-34)37-23)26(31)27(21)38-29(43)19-14-36-24(42)11-18(19)28(32)33/h3-4,6,11-12,14,16,28H,5,7-10,15H2,1-2H3,(H,36,42)(H,38,43). The molecule has 4 heterocycles. The van der Waals surface area contributed by atoms with Crippen molar-refractivity contribution in [1.82, 2.24) is 19.9 Å². The molecule has 10 nitrogen and oxygen atoms in total. The van der Waals surface area contributed by atoms with Crippen molar-refractivity contribution in [3.8, 4) is 6.07 Å². The van der Waals surface area contributed by atoms with Gasteiger partial charge in [-0.05, 0) is 32.0 Å². The van der Waals surface area contributed by atoms with Crippen LogP contribution >= 0.6 is 0 Å². The van der Waals surface area contributed by atoms with Crippen molar-refractivity contribution in [3.05, 3.63) is 81.2 Å². The van der Waals surface area contributed by atoms with Crippen LogP contribution in [0.5, 0.6) is 0 Å². The van der Waals surface area contributed by atoms with E-state index in [2.05, 4.69) is 25.2 Å². The molecule has 1 atom stereocenters. The molecule has 2 aliphatic rings. The lowest BCUT2D eigenvalue weighted by Crippen LogP contribution is -2.50. The number of carbonyl (C=O) groups excluding carboxylic acids is 1. The quantitative estimate of drug-likeness (QED) is 0.411. The van der Waals surface area contributed by atoms with Crippen LogP contribution in [0.2, 0.25) is 0 Å². The van der Waals surface area contributed by atoms with Crippen molar-refractivity contribution >= 4 is 28.7 Å². The molecule has 0 aliphatic carbocycles. The van der Waals surface area contributed by atoms with Crippen LogP contribution in [0.1, 0.15) is 47.1 Å². The van der Waals surface area contributed by atoms with Gasteiger partial charge in [0.25, 0.3) is 12.3 Å². The van der Waals surface area contributed by atoms with Gasteiger partial charge < -0.3 is 25.0 Å². The fourth-order valence-corrected chi connectivity index (χ4v) is 5.27. The Morgan fingerprint density at radius 3 is 2.67 bits per heavy atom. The average molecular weight is 597 g/mol. The molecular formula is C29H28F4N8O2. The Morgan fingerprint density at radius 2 is 2.00 bits per heavy atom. The van der Waals surface area contributed by atoms with Gasteiger partial charge in [0.1, 0.15) is 23.4 Å². The van der Waals surface area contributed by atoms with Crippen LogP contribution in [0, 0.1) is 23.0 Å². The van der Waals surface area contributed by atoms with Crippen LogP contribution in [0.15, 0.2) is 41.5 Å². The molecule has 0 radical (unpaired) electrons. The number of hydrogen-bond acceptors (Lipinski definition) is 8. The first-order chi connectivity index (χ1) is 20.6. The summed E-state index contributed by atoms with van der Waals surface area (Å²) in [5.74, 6) is -2.45. The van der Waals surface area contributed by atoms with Gasteiger partial charge in [0.2, 0.25) is 11.4 Å². The zero-order valence-corrected chi connectivity index (χ0v) is 23.4. The van der Waals surface area contributed by atoms with Crippen LogP contribution in [0.3, 0.4) is 0 Å². The third-order valence-corrected chi connectivity index (χ3v) is 7.77. The van der Waals surface area contributed by atoms with E-state index < -0.39 is 40.7 Å². The number of likely N-dealkylation sites (N-methyl/N-ethyl adjacent to an activating group) is 1. The highest BCUT2D eigenvalue weighted by molar-refractivity contribution is 6.07. The van der Waals surface area contributed by atoms with Crippen molar-refractivity contribution in [3.63, 3.8) is 0 Å². The number of rotatable bonds is 6. The van der Waals surface area contributed by atoms with Crippen molar-refractivity contribution in [2.24, 2.45) is 0 Å². The smallest absolute Gasteiger partial charge is 0.264 e. The molecule has 2 aliphatic heterocycles. The van der Waals surface area contributed by atoms with Gasteiger partial charge in [-0.2, -0.15) is 5.26 Å². The Labute approximate surface area is 244 Å². The Bertz CT molecular complexity index is 1690. The minimum atomic E-state index is -3.14. The average Bonchev–Trinajstić information content (AvgIpc) is 3.00. The molecule has 3 aromatic rings. The maximum absolute atomic E-state index is 16.4. The Kier molecular flexibility index (Phi) is 8.45. The van der Waals surface area contributed by atoms with E-state index in [1.165, 1.54) is 6.20 Å². The summed E-state index contributed by atoms with van der Waals surface area (Å²) in [6, 6.07) is 5.31. The van der Waals surface area contributed by atoms with Gasteiger partial charge in [-0.15, -0.1) is 0 Å². The van der Waals surface area contributed by atoms with Crippen molar-refractivity contribution in [2.75, 3.05) is 54.9 Å². The van der Waals surface area contributed by atoms with Gasteiger partial charge in [0.05, 0.1) is 16.8 Å². The van der Waals surface area contributed by atoms with Gasteiger partial charge in [-0.1, -0.05) is 6.08 Å². The third-order valence-electron chi connectivity index (χ3n) is 7.77. The molecule has 0 bridgehead atoms. The molecule has 43 heavy (non-hydrogen) atoms. The van der Waals surface area contributed by atoms with Crippen molar-refractivity contribution in [2.45, 2.75) is 25.8 Å². The predicted octanol–water partition coefficient (Wildman–Crippen LogP) is 3.94. The molecule has 224 valence electrons. The highest BCUT2D eigenvalue weighted by atomic mass is 19.3. The molecule has 0 spiro atoms. The fraction of sp³-hybridized carbons (Fsp3) is 0.345. The van der Waals surface area contributed by atoms with E-state index >= 15 is 8.78 Å². The highest BCUT2D eigenvalue weighted by Gasteiger charge is 2.30. The number of hydrogen-bond donors (Lipinski definition) is 2. The number of benzene rings is 1. The molecule has 0 saturated carbocycles. The number of amides is 1. The van der Waals surface area contributed by atoms with E-state index in [4.69, 9.17) is 5.26 Å². The minimum Gasteiger partial charge on any atom is -0.367 e. The van der Waals surface area contributed by atoms with Gasteiger partial charge >= 0.3 is 0 Å². The predicted molar refractivity (Wildman–Crippen MR) is 152 cm³/mol. The van der Waals surface area contributed by atoms with E-state index in [1.807, 2.05) is 24.9 Å². The number of carbonyl (C=O) groups is 1. The van der Waals surface area contributed by atoms with E-state index in [-0.39, 0.29) is 41.8 Å². The molecule has 14 heteroatoms. The lowest BCUT2D eigenvalue weighted by molar-refractivity contribution is 0.101. The molecule has 1 amide bonds. The molecule has 1 saturated heterocycles. The number of halogens is 4. The Morgan fingerprint density at radius 1 is 1.21 bits per heavy atom. The van der Waals surface area contributed by atoms with Crippen LogP contribution < -0.4 is 20.7 Å². The van der Waals surface area contributed by atoms with Gasteiger partial charge in [-0.25, -0.2) is 27.5 Å². The van der Waals surface area contributed by atoms with Crippen LogP contribution in [0.25, 0.3) is 5.57 Å². The second kappa shape index (κ2) is 12.2. The zero-order valence-electron chi connectivity index (χ0n) is 23.4. The zero-order chi connectivity index (χ0) is 30.8. The molecule has 1 fully saturated rings. The molecule has 1 unspecified atom stereocenters. The van der Waals surface area contributed by atoms with E-state index in [1.54, 1.807) is 17.0 Å². The summed E-state index contributed by atoms with van der Waals surface area (Å²) in [4.78, 5) is 40.8. The summed E-state index contributed by atoms with van der Waals surface area (Å²) in [5, 5.41) is 11.5. The SMILES string of the molecule is CC1CN(c2cc(F)c(C3=CCN(c4ccnc(C#N)n4)CC3)c(F)c2NC(=O)c2c[nH]c(=O)cc2C(F)F)CCN1C. The summed E-state index contributed by atoms with van der Waals surface area (Å²) >= 11 is 0. The van der Waals surface area contributed by atoms with Crippen LogP contribution in [-0.2, 0) is 0 Å². The summed E-state index contributed by atoms with van der Waals surface area (Å²) in [7, 11) is 1.93. The van der Waals surface area contributed by atoms with Gasteiger partial charge in [-0.3, -0.25) is 9.59 Å². The first kappa shape index (κ1) is 29.7. The topological polar surface area (TPSA) is 121 Å². The maximum Gasteiger partial charge on any atom is 0.264 e. The number of aromatic amines is 1. The summed E-state index contributed by atoms with van der Waals surface area (Å²) < 4.78 is 59.6. The number of H-pyrrole nitrogens is 1. The van der Waals surface area contributed by atoms with Crippen LogP contribution in [-0.4, -0.2) is 71.6 Å². The number of aromatic nitrogens is 3. The second-order valence-electron chi connectivity index (χ2n) is 10.4. The number of piperazine rings is 1. The summed E-state index contributed by atoms with van der Waals surface area (Å²) in [5.41, 5.74) is -2.41. The number of nitriles is 1. The number of anilines is 3. The van der Waals surface area contributed by atoms with Crippen LogP contribution in [0.4, 0.5) is 34.8 Å². The highest BCUT2D eigenvalue weighted by Crippen LogP contribution is 2.39. The molecule has 2 N–H and O–H groups in total. The number of alkyl halides is 2. The fourth-order valence-electron chi connectivity index (χ4n) is 5.27. The largest absolute Gasteiger partial charge is 0.367 e. The van der Waals surface area contributed by atoms with E-state index in [0.29, 0.717) is 43.6 Å². The molecule has 1 aromatic carbocycles. The van der Waals surface area contributed by atoms with Crippen molar-refractivity contribution in [1.29, 1.82) is 5.26 Å². The van der Waals surface area contributed by atoms with E-state index in [0.717, 1.165) is 12.3 Å². The molecule has 5 rings (SSSR count). The summed E-state index contributed by atoms with van der Waals surface area (Å²) in [6.07, 6.45) is 1.02. The first-order valence-electron chi connectivity index (χ1n) is 13.5. The molecule has 2 aromatic heterocycles. The Hall–Kier alpha value is -4.77. The van der Waals surface area contributed by atoms with Crippen molar-refractivity contribution < 1.29 is 22.4 Å². The normalized spacial score (nSPS) is 17.5. The number of nitrogens with zero attached hydrogens (tertiary/aromatic N) is 6. The number of nitrogens with one attached hydrogen (secondary N) is 2. The maximum atomic E-state index is 16.4. The Balaban J connectivity index is 1.54. The molecular weight excluding hydrogens is 568 g/mol. The van der Waals surface area contributed by atoms with Gasteiger partial charge in [0.15, 0.2) is 5.82 Å². The third kappa shape index (κ3) is 6.07.